The van der Waals surface area contributed by atoms with Crippen molar-refractivity contribution >= 4 is 23.5 Å². The number of nitrogens with zero attached hydrogens (tertiary/aromatic N) is 2. The Morgan fingerprint density at radius 3 is 2.57 bits per heavy atom. The highest BCUT2D eigenvalue weighted by molar-refractivity contribution is 6.23. The maximum absolute atomic E-state index is 12.8. The van der Waals surface area contributed by atoms with E-state index in [1.54, 1.807) is 12.1 Å². The molecule has 8 nitrogen and oxygen atoms in total. The Hall–Kier alpha value is -2.64. The van der Waals surface area contributed by atoms with E-state index in [-0.39, 0.29) is 17.9 Å². The molecule has 1 aromatic rings. The lowest BCUT2D eigenvalue weighted by atomic mass is 9.75. The van der Waals surface area contributed by atoms with Crippen LogP contribution in [-0.2, 0) is 9.59 Å². The highest BCUT2D eigenvalue weighted by Gasteiger charge is 2.71. The first kappa shape index (κ1) is 18.7. The Morgan fingerprint density at radius 1 is 1.21 bits per heavy atom. The lowest BCUT2D eigenvalue weighted by Crippen LogP contribution is -2.39. The van der Waals surface area contributed by atoms with Crippen molar-refractivity contribution in [3.05, 3.63) is 23.4 Å². The molecule has 3 amide bonds. The Labute approximate surface area is 164 Å². The first-order valence-corrected chi connectivity index (χ1v) is 9.91. The van der Waals surface area contributed by atoms with Crippen LogP contribution in [0.15, 0.2) is 12.1 Å². The lowest BCUT2D eigenvalue weighted by molar-refractivity contribution is -0.123. The summed E-state index contributed by atoms with van der Waals surface area (Å²) >= 11 is 0. The second-order valence-corrected chi connectivity index (χ2v) is 8.88. The number of hydrazine groups is 1. The highest BCUT2D eigenvalue weighted by atomic mass is 16.2. The van der Waals surface area contributed by atoms with E-state index in [0.717, 1.165) is 36.4 Å². The molecule has 150 valence electrons. The van der Waals surface area contributed by atoms with Crippen LogP contribution in [0, 0.1) is 12.3 Å². The van der Waals surface area contributed by atoms with Gasteiger partial charge in [0.15, 0.2) is 0 Å². The van der Waals surface area contributed by atoms with E-state index in [4.69, 9.17) is 0 Å². The lowest BCUT2D eigenvalue weighted by Gasteiger charge is -2.35. The van der Waals surface area contributed by atoms with E-state index in [1.165, 1.54) is 0 Å². The number of amides is 3. The van der Waals surface area contributed by atoms with E-state index >= 15 is 0 Å². The number of rotatable bonds is 4. The SMILES string of the molecule is Cc1ccc(C(=O)NN2C(=O)C23CCNC3=O)c(NC2CCC(C)(C)CC2)n1. The van der Waals surface area contributed by atoms with Crippen molar-refractivity contribution in [2.45, 2.75) is 64.5 Å². The van der Waals surface area contributed by atoms with Crippen molar-refractivity contribution < 1.29 is 14.4 Å². The van der Waals surface area contributed by atoms with Gasteiger partial charge < -0.3 is 10.6 Å². The van der Waals surface area contributed by atoms with Gasteiger partial charge in [-0.1, -0.05) is 13.8 Å². The molecule has 3 N–H and O–H groups in total. The minimum atomic E-state index is -1.21. The molecule has 1 spiro atoms. The third kappa shape index (κ3) is 3.10. The van der Waals surface area contributed by atoms with E-state index in [0.29, 0.717) is 29.8 Å². The smallest absolute Gasteiger partial charge is 0.280 e. The van der Waals surface area contributed by atoms with Gasteiger partial charge in [0, 0.05) is 24.7 Å². The normalized spacial score (nSPS) is 26.3. The molecule has 4 rings (SSSR count). The minimum absolute atomic E-state index is 0.267. The van der Waals surface area contributed by atoms with Gasteiger partial charge in [0.25, 0.3) is 17.7 Å². The third-order valence-electron chi connectivity index (χ3n) is 6.21. The number of carbonyl (C=O) groups excluding carboxylic acids is 3. The van der Waals surface area contributed by atoms with Crippen molar-refractivity contribution in [3.8, 4) is 0 Å². The number of hydrogen-bond acceptors (Lipinski definition) is 5. The van der Waals surface area contributed by atoms with Gasteiger partial charge in [-0.2, -0.15) is 0 Å². The Kier molecular flexibility index (Phi) is 4.32. The zero-order valence-corrected chi connectivity index (χ0v) is 16.6. The fraction of sp³-hybridized carbons (Fsp3) is 0.600. The summed E-state index contributed by atoms with van der Waals surface area (Å²) in [4.78, 5) is 41.5. The van der Waals surface area contributed by atoms with Crippen LogP contribution < -0.4 is 16.1 Å². The van der Waals surface area contributed by atoms with Gasteiger partial charge in [0.1, 0.15) is 5.82 Å². The number of pyridine rings is 1. The van der Waals surface area contributed by atoms with E-state index in [2.05, 4.69) is 34.9 Å². The summed E-state index contributed by atoms with van der Waals surface area (Å²) in [6, 6.07) is 3.75. The largest absolute Gasteiger partial charge is 0.367 e. The van der Waals surface area contributed by atoms with Gasteiger partial charge in [-0.3, -0.25) is 19.8 Å². The van der Waals surface area contributed by atoms with Crippen molar-refractivity contribution in [2.24, 2.45) is 5.41 Å². The molecule has 0 aromatic carbocycles. The monoisotopic (exact) mass is 385 g/mol. The molecule has 3 aliphatic rings. The van der Waals surface area contributed by atoms with Crippen LogP contribution in [0.3, 0.4) is 0 Å². The molecule has 1 aromatic heterocycles. The average Bonchev–Trinajstić information content (AvgIpc) is 2.99. The predicted octanol–water partition coefficient (Wildman–Crippen LogP) is 1.52. The van der Waals surface area contributed by atoms with Gasteiger partial charge in [0.2, 0.25) is 5.54 Å². The van der Waals surface area contributed by atoms with E-state index in [9.17, 15) is 14.4 Å². The first-order valence-electron chi connectivity index (χ1n) is 9.91. The minimum Gasteiger partial charge on any atom is -0.367 e. The molecule has 2 saturated heterocycles. The zero-order valence-electron chi connectivity index (χ0n) is 16.6. The molecule has 0 bridgehead atoms. The standard InChI is InChI=1S/C20H27N5O3/c1-12-4-5-14(15(22-12)23-13-6-8-19(2,3)9-7-13)16(26)24-25-18(28)20(25)10-11-21-17(20)27/h4-5,13H,6-11H2,1-3H3,(H,21,27)(H,22,23)(H,24,26). The topological polar surface area (TPSA) is 103 Å². The number of aryl methyl sites for hydroxylation is 1. The van der Waals surface area contributed by atoms with Crippen LogP contribution in [0.4, 0.5) is 5.82 Å². The summed E-state index contributed by atoms with van der Waals surface area (Å²) in [5.74, 6) is -0.611. The second kappa shape index (κ2) is 6.46. The van der Waals surface area contributed by atoms with E-state index in [1.807, 2.05) is 6.92 Å². The summed E-state index contributed by atoms with van der Waals surface area (Å²) in [7, 11) is 0. The van der Waals surface area contributed by atoms with Crippen molar-refractivity contribution in [2.75, 3.05) is 11.9 Å². The van der Waals surface area contributed by atoms with Crippen LogP contribution in [0.5, 0.6) is 0 Å². The quantitative estimate of drug-likeness (QED) is 0.539. The van der Waals surface area contributed by atoms with Crippen LogP contribution in [0.2, 0.25) is 0 Å². The molecule has 3 fully saturated rings. The first-order chi connectivity index (χ1) is 13.2. The molecular formula is C20H27N5O3. The fourth-order valence-corrected chi connectivity index (χ4v) is 4.19. The molecule has 8 heteroatoms. The maximum Gasteiger partial charge on any atom is 0.280 e. The molecule has 1 unspecified atom stereocenters. The molecule has 2 aliphatic heterocycles. The summed E-state index contributed by atoms with van der Waals surface area (Å²) in [6.45, 7) is 6.88. The number of carbonyl (C=O) groups is 3. The van der Waals surface area contributed by atoms with Gasteiger partial charge >= 0.3 is 0 Å². The van der Waals surface area contributed by atoms with Gasteiger partial charge in [-0.25, -0.2) is 9.99 Å². The summed E-state index contributed by atoms with van der Waals surface area (Å²) < 4.78 is 0. The molecule has 1 atom stereocenters. The number of aromatic nitrogens is 1. The van der Waals surface area contributed by atoms with Crippen LogP contribution in [-0.4, -0.2) is 45.8 Å². The third-order valence-corrected chi connectivity index (χ3v) is 6.21. The summed E-state index contributed by atoms with van der Waals surface area (Å²) in [5.41, 5.74) is 2.93. The van der Waals surface area contributed by atoms with Crippen molar-refractivity contribution in [3.63, 3.8) is 0 Å². The van der Waals surface area contributed by atoms with Crippen molar-refractivity contribution in [1.82, 2.24) is 20.7 Å². The molecule has 1 saturated carbocycles. The average molecular weight is 385 g/mol. The zero-order chi connectivity index (χ0) is 20.1. The number of nitrogens with one attached hydrogen (secondary N) is 3. The van der Waals surface area contributed by atoms with Gasteiger partial charge in [-0.15, -0.1) is 0 Å². The number of hydrogen-bond donors (Lipinski definition) is 3. The number of anilines is 1. The second-order valence-electron chi connectivity index (χ2n) is 8.88. The van der Waals surface area contributed by atoms with Gasteiger partial charge in [-0.05, 0) is 50.2 Å². The van der Waals surface area contributed by atoms with Gasteiger partial charge in [0.05, 0.1) is 5.56 Å². The Morgan fingerprint density at radius 2 is 1.93 bits per heavy atom. The molecule has 1 aliphatic carbocycles. The van der Waals surface area contributed by atoms with Crippen LogP contribution in [0.1, 0.15) is 62.0 Å². The predicted molar refractivity (Wildman–Crippen MR) is 103 cm³/mol. The Bertz CT molecular complexity index is 842. The molecule has 0 radical (unpaired) electrons. The fourth-order valence-electron chi connectivity index (χ4n) is 4.19. The van der Waals surface area contributed by atoms with Crippen LogP contribution >= 0.6 is 0 Å². The van der Waals surface area contributed by atoms with Crippen LogP contribution in [0.25, 0.3) is 0 Å². The van der Waals surface area contributed by atoms with E-state index < -0.39 is 11.4 Å². The molecular weight excluding hydrogens is 358 g/mol. The highest BCUT2D eigenvalue weighted by Crippen LogP contribution is 2.39. The maximum atomic E-state index is 12.8. The van der Waals surface area contributed by atoms with Crippen molar-refractivity contribution in [1.29, 1.82) is 0 Å². The summed E-state index contributed by atoms with van der Waals surface area (Å²) in [6.07, 6.45) is 4.67. The summed E-state index contributed by atoms with van der Waals surface area (Å²) in [5, 5.41) is 7.22. The Balaban J connectivity index is 1.48. The molecule has 3 heterocycles. The molecule has 28 heavy (non-hydrogen) atoms.